The molecule has 0 saturated carbocycles. The van der Waals surface area contributed by atoms with E-state index >= 15 is 0 Å². The van der Waals surface area contributed by atoms with E-state index < -0.39 is 5.97 Å². The van der Waals surface area contributed by atoms with Gasteiger partial charge in [-0.15, -0.1) is 0 Å². The van der Waals surface area contributed by atoms with Crippen molar-refractivity contribution in [3.05, 3.63) is 35.2 Å². The van der Waals surface area contributed by atoms with Crippen LogP contribution in [0.3, 0.4) is 0 Å². The van der Waals surface area contributed by atoms with E-state index in [2.05, 4.69) is 5.10 Å². The van der Waals surface area contributed by atoms with Crippen molar-refractivity contribution in [3.63, 3.8) is 0 Å². The Morgan fingerprint density at radius 2 is 2.29 bits per heavy atom. The third-order valence-corrected chi connectivity index (χ3v) is 2.80. The second kappa shape index (κ2) is 4.18. The van der Waals surface area contributed by atoms with Gasteiger partial charge in [0.25, 0.3) is 0 Å². The van der Waals surface area contributed by atoms with E-state index in [0.29, 0.717) is 5.56 Å². The van der Waals surface area contributed by atoms with Crippen molar-refractivity contribution < 1.29 is 14.6 Å². The lowest BCUT2D eigenvalue weighted by molar-refractivity contribution is 0.0683. The molecule has 0 aliphatic rings. The zero-order chi connectivity index (χ0) is 12.6. The molecular weight excluding hydrogens is 220 g/mol. The van der Waals surface area contributed by atoms with Crippen molar-refractivity contribution >= 4 is 11.5 Å². The Kier molecular flexibility index (Phi) is 2.85. The maximum Gasteiger partial charge on any atom is 0.337 e. The van der Waals surface area contributed by atoms with Crippen molar-refractivity contribution in [2.45, 2.75) is 20.0 Å². The summed E-state index contributed by atoms with van der Waals surface area (Å²) in [7, 11) is 1.56. The predicted molar refractivity (Wildman–Crippen MR) is 62.3 cm³/mol. The lowest BCUT2D eigenvalue weighted by Crippen LogP contribution is -2.10. The number of aromatic nitrogens is 2. The molecule has 0 spiro atoms. The minimum atomic E-state index is -0.988. The SMILES string of the molecule is COC(C)c1c(C(=O)O)cnn2cc(C)cc12. The standard InChI is InChI=1S/C12H14N2O3/c1-7-4-10-11(8(2)17-3)9(12(15)16)5-13-14(10)6-7/h4-6,8H,1-3H3,(H,15,16). The molecule has 2 aromatic rings. The Morgan fingerprint density at radius 3 is 2.88 bits per heavy atom. The number of hydrogen-bond donors (Lipinski definition) is 1. The van der Waals surface area contributed by atoms with Gasteiger partial charge in [-0.05, 0) is 25.5 Å². The number of fused-ring (bicyclic) bond motifs is 1. The van der Waals surface area contributed by atoms with Crippen LogP contribution in [0.15, 0.2) is 18.5 Å². The third kappa shape index (κ3) is 1.89. The summed E-state index contributed by atoms with van der Waals surface area (Å²) in [6, 6.07) is 1.91. The van der Waals surface area contributed by atoms with E-state index in [-0.39, 0.29) is 11.7 Å². The predicted octanol–water partition coefficient (Wildman–Crippen LogP) is 2.05. The fourth-order valence-electron chi connectivity index (χ4n) is 1.92. The number of carboxylic acid groups (broad SMARTS) is 1. The highest BCUT2D eigenvalue weighted by molar-refractivity contribution is 5.91. The molecule has 0 fully saturated rings. The largest absolute Gasteiger partial charge is 0.478 e. The summed E-state index contributed by atoms with van der Waals surface area (Å²) < 4.78 is 6.91. The number of rotatable bonds is 3. The Bertz CT molecular complexity index is 574. The highest BCUT2D eigenvalue weighted by Crippen LogP contribution is 2.26. The molecule has 1 unspecified atom stereocenters. The molecule has 0 amide bonds. The summed E-state index contributed by atoms with van der Waals surface area (Å²) in [5.74, 6) is -0.988. The molecule has 2 aromatic heterocycles. The number of nitrogens with zero attached hydrogens (tertiary/aromatic N) is 2. The van der Waals surface area contributed by atoms with Crippen molar-refractivity contribution in [1.82, 2.24) is 9.61 Å². The van der Waals surface area contributed by atoms with Gasteiger partial charge < -0.3 is 9.84 Å². The number of methoxy groups -OCH3 is 1. The van der Waals surface area contributed by atoms with Crippen LogP contribution in [-0.2, 0) is 4.74 Å². The fourth-order valence-corrected chi connectivity index (χ4v) is 1.92. The van der Waals surface area contributed by atoms with Crippen LogP contribution in [0.1, 0.15) is 34.5 Å². The van der Waals surface area contributed by atoms with Crippen molar-refractivity contribution in [1.29, 1.82) is 0 Å². The van der Waals surface area contributed by atoms with Crippen molar-refractivity contribution in [2.75, 3.05) is 7.11 Å². The van der Waals surface area contributed by atoms with E-state index in [0.717, 1.165) is 11.1 Å². The number of carboxylic acids is 1. The van der Waals surface area contributed by atoms with Crippen LogP contribution in [0.4, 0.5) is 0 Å². The second-order valence-electron chi connectivity index (χ2n) is 4.00. The van der Waals surface area contributed by atoms with E-state index in [1.807, 2.05) is 26.1 Å². The summed E-state index contributed by atoms with van der Waals surface area (Å²) in [6.07, 6.45) is 2.92. The Balaban J connectivity index is 2.78. The third-order valence-electron chi connectivity index (χ3n) is 2.80. The first-order chi connectivity index (χ1) is 8.04. The topological polar surface area (TPSA) is 63.8 Å². The molecule has 90 valence electrons. The summed E-state index contributed by atoms with van der Waals surface area (Å²) in [6.45, 7) is 3.76. The first-order valence-corrected chi connectivity index (χ1v) is 5.28. The summed E-state index contributed by atoms with van der Waals surface area (Å²) >= 11 is 0. The minimum absolute atomic E-state index is 0.185. The smallest absolute Gasteiger partial charge is 0.337 e. The number of ether oxygens (including phenoxy) is 1. The zero-order valence-corrected chi connectivity index (χ0v) is 9.97. The number of aromatic carboxylic acids is 1. The molecule has 17 heavy (non-hydrogen) atoms. The normalized spacial score (nSPS) is 12.9. The number of hydrogen-bond acceptors (Lipinski definition) is 3. The van der Waals surface area contributed by atoms with Gasteiger partial charge in [0.1, 0.15) is 0 Å². The van der Waals surface area contributed by atoms with Gasteiger partial charge in [0.2, 0.25) is 0 Å². The quantitative estimate of drug-likeness (QED) is 0.882. The monoisotopic (exact) mass is 234 g/mol. The Hall–Kier alpha value is -1.88. The van der Waals surface area contributed by atoms with E-state index in [9.17, 15) is 9.90 Å². The van der Waals surface area contributed by atoms with Crippen molar-refractivity contribution in [3.8, 4) is 0 Å². The molecule has 2 rings (SSSR count). The second-order valence-corrected chi connectivity index (χ2v) is 4.00. The van der Waals surface area contributed by atoms with Gasteiger partial charge in [-0.3, -0.25) is 0 Å². The van der Waals surface area contributed by atoms with Gasteiger partial charge in [-0.2, -0.15) is 5.10 Å². The Labute approximate surface area is 98.6 Å². The number of aryl methyl sites for hydroxylation is 1. The highest BCUT2D eigenvalue weighted by Gasteiger charge is 2.20. The first kappa shape index (κ1) is 11.6. The van der Waals surface area contributed by atoms with Crippen LogP contribution in [0.25, 0.3) is 5.52 Å². The van der Waals surface area contributed by atoms with Crippen LogP contribution < -0.4 is 0 Å². The van der Waals surface area contributed by atoms with Gasteiger partial charge in [0.15, 0.2) is 0 Å². The summed E-state index contributed by atoms with van der Waals surface area (Å²) in [5.41, 5.74) is 2.65. The average molecular weight is 234 g/mol. The molecule has 0 aliphatic carbocycles. The lowest BCUT2D eigenvalue weighted by Gasteiger charge is -2.14. The van der Waals surface area contributed by atoms with Gasteiger partial charge in [0.05, 0.1) is 23.4 Å². The molecular formula is C12H14N2O3. The van der Waals surface area contributed by atoms with Crippen LogP contribution >= 0.6 is 0 Å². The van der Waals surface area contributed by atoms with E-state index in [1.165, 1.54) is 6.20 Å². The van der Waals surface area contributed by atoms with Gasteiger partial charge in [0, 0.05) is 18.9 Å². The summed E-state index contributed by atoms with van der Waals surface area (Å²) in [4.78, 5) is 11.2. The molecule has 0 aliphatic heterocycles. The maximum absolute atomic E-state index is 11.2. The highest BCUT2D eigenvalue weighted by atomic mass is 16.5. The molecule has 0 saturated heterocycles. The molecule has 1 N–H and O–H groups in total. The molecule has 1 atom stereocenters. The van der Waals surface area contributed by atoms with Crippen LogP contribution in [-0.4, -0.2) is 27.8 Å². The van der Waals surface area contributed by atoms with Gasteiger partial charge in [-0.25, -0.2) is 9.31 Å². The number of carbonyl (C=O) groups is 1. The van der Waals surface area contributed by atoms with Gasteiger partial charge in [-0.1, -0.05) is 0 Å². The van der Waals surface area contributed by atoms with Gasteiger partial charge >= 0.3 is 5.97 Å². The lowest BCUT2D eigenvalue weighted by atomic mass is 10.0. The van der Waals surface area contributed by atoms with E-state index in [1.54, 1.807) is 11.6 Å². The van der Waals surface area contributed by atoms with E-state index in [4.69, 9.17) is 4.74 Å². The maximum atomic E-state index is 11.2. The first-order valence-electron chi connectivity index (χ1n) is 5.28. The molecule has 5 heteroatoms. The van der Waals surface area contributed by atoms with Crippen LogP contribution in [0.5, 0.6) is 0 Å². The molecule has 5 nitrogen and oxygen atoms in total. The molecule has 0 radical (unpaired) electrons. The van der Waals surface area contributed by atoms with Crippen molar-refractivity contribution in [2.24, 2.45) is 0 Å². The van der Waals surface area contributed by atoms with Crippen LogP contribution in [0, 0.1) is 6.92 Å². The minimum Gasteiger partial charge on any atom is -0.478 e. The molecule has 0 aromatic carbocycles. The zero-order valence-electron chi connectivity index (χ0n) is 9.97. The summed E-state index contributed by atoms with van der Waals surface area (Å²) in [5, 5.41) is 13.3. The molecule has 2 heterocycles. The van der Waals surface area contributed by atoms with Crippen LogP contribution in [0.2, 0.25) is 0 Å². The fraction of sp³-hybridized carbons (Fsp3) is 0.333. The average Bonchev–Trinajstić information content (AvgIpc) is 2.66. The Morgan fingerprint density at radius 1 is 1.59 bits per heavy atom. The molecule has 0 bridgehead atoms.